The van der Waals surface area contributed by atoms with Crippen molar-refractivity contribution in [2.24, 2.45) is 5.73 Å². The van der Waals surface area contributed by atoms with Crippen molar-refractivity contribution in [2.45, 2.75) is 19.3 Å². The molecule has 0 aliphatic heterocycles. The molecule has 2 aromatic heterocycles. The summed E-state index contributed by atoms with van der Waals surface area (Å²) in [5.74, 6) is -1.68. The van der Waals surface area contributed by atoms with Crippen LogP contribution in [0.3, 0.4) is 0 Å². The van der Waals surface area contributed by atoms with Crippen molar-refractivity contribution in [3.05, 3.63) is 40.0 Å². The van der Waals surface area contributed by atoms with Crippen LogP contribution in [0, 0.1) is 0 Å². The van der Waals surface area contributed by atoms with E-state index >= 15 is 0 Å². The quantitative estimate of drug-likeness (QED) is 0.719. The highest BCUT2D eigenvalue weighted by Crippen LogP contribution is 2.38. The van der Waals surface area contributed by atoms with Crippen molar-refractivity contribution in [1.29, 1.82) is 0 Å². The van der Waals surface area contributed by atoms with E-state index in [9.17, 15) is 14.4 Å². The number of H-pyrrole nitrogens is 1. The number of aromatic nitrogens is 1. The molecule has 0 spiro atoms. The molecule has 3 rings (SSSR count). The number of nitrogens with one attached hydrogen (secondary N) is 2. The summed E-state index contributed by atoms with van der Waals surface area (Å²) in [5.41, 5.74) is 7.00. The summed E-state index contributed by atoms with van der Waals surface area (Å²) in [6.45, 7) is -0.432. The van der Waals surface area contributed by atoms with E-state index in [1.807, 2.05) is 0 Å². The molecule has 0 saturated heterocycles. The number of nitrogens with two attached hydrogens (primary N) is 1. The van der Waals surface area contributed by atoms with E-state index in [0.717, 1.165) is 29.7 Å². The highest BCUT2D eigenvalue weighted by atomic mass is 32.1. The van der Waals surface area contributed by atoms with E-state index in [0.29, 0.717) is 10.6 Å². The molecule has 0 unspecified atom stereocenters. The zero-order valence-corrected chi connectivity index (χ0v) is 13.0. The van der Waals surface area contributed by atoms with Gasteiger partial charge in [0.05, 0.1) is 5.56 Å². The smallest absolute Gasteiger partial charge is 0.355 e. The first-order valence-electron chi connectivity index (χ1n) is 7.11. The molecule has 2 amide bonds. The molecule has 0 aromatic carbocycles. The maximum Gasteiger partial charge on any atom is 0.355 e. The minimum atomic E-state index is -0.617. The number of thiophene rings is 1. The highest BCUT2D eigenvalue weighted by molar-refractivity contribution is 7.17. The first-order chi connectivity index (χ1) is 11.1. The Morgan fingerprint density at radius 3 is 2.87 bits per heavy atom. The third kappa shape index (κ3) is 3.11. The van der Waals surface area contributed by atoms with Crippen molar-refractivity contribution in [1.82, 2.24) is 4.98 Å². The number of aryl methyl sites for hydroxylation is 1. The van der Waals surface area contributed by atoms with Crippen molar-refractivity contribution < 1.29 is 19.1 Å². The Hall–Kier alpha value is -2.61. The lowest BCUT2D eigenvalue weighted by Gasteiger charge is -2.06. The van der Waals surface area contributed by atoms with E-state index in [1.165, 1.54) is 11.3 Å². The normalized spacial score (nSPS) is 12.7. The van der Waals surface area contributed by atoms with Crippen LogP contribution in [0.2, 0.25) is 0 Å². The molecule has 1 aliphatic rings. The lowest BCUT2D eigenvalue weighted by Crippen LogP contribution is -2.22. The maximum absolute atomic E-state index is 11.9. The van der Waals surface area contributed by atoms with Gasteiger partial charge in [0.1, 0.15) is 10.7 Å². The molecular weight excluding hydrogens is 318 g/mol. The summed E-state index contributed by atoms with van der Waals surface area (Å²) in [7, 11) is 0. The fourth-order valence-corrected chi connectivity index (χ4v) is 3.89. The molecule has 2 aromatic rings. The van der Waals surface area contributed by atoms with Gasteiger partial charge < -0.3 is 20.8 Å². The van der Waals surface area contributed by atoms with Gasteiger partial charge in [-0.1, -0.05) is 0 Å². The molecule has 120 valence electrons. The van der Waals surface area contributed by atoms with Crippen LogP contribution in [0.5, 0.6) is 0 Å². The Balaban J connectivity index is 1.64. The molecular formula is C15H15N3O4S. The summed E-state index contributed by atoms with van der Waals surface area (Å²) in [5, 5.41) is 3.05. The number of anilines is 1. The van der Waals surface area contributed by atoms with Gasteiger partial charge in [-0.2, -0.15) is 0 Å². The molecule has 23 heavy (non-hydrogen) atoms. The van der Waals surface area contributed by atoms with Gasteiger partial charge in [-0.15, -0.1) is 11.3 Å². The Bertz CT molecular complexity index is 764. The van der Waals surface area contributed by atoms with Crippen LogP contribution in [-0.2, 0) is 22.4 Å². The third-order valence-electron chi connectivity index (χ3n) is 3.57. The van der Waals surface area contributed by atoms with E-state index < -0.39 is 24.4 Å². The Kier molecular flexibility index (Phi) is 4.16. The van der Waals surface area contributed by atoms with E-state index in [-0.39, 0.29) is 5.69 Å². The van der Waals surface area contributed by atoms with Crippen LogP contribution in [0.4, 0.5) is 5.00 Å². The monoisotopic (exact) mass is 333 g/mol. The second kappa shape index (κ2) is 6.25. The van der Waals surface area contributed by atoms with Crippen molar-refractivity contribution in [3.63, 3.8) is 0 Å². The number of ether oxygens (including phenoxy) is 1. The summed E-state index contributed by atoms with van der Waals surface area (Å²) in [6.07, 6.45) is 4.26. The number of hydrogen-bond donors (Lipinski definition) is 3. The predicted molar refractivity (Wildman–Crippen MR) is 84.6 cm³/mol. The first-order valence-corrected chi connectivity index (χ1v) is 7.92. The second-order valence-electron chi connectivity index (χ2n) is 5.13. The second-order valence-corrected chi connectivity index (χ2v) is 6.24. The zero-order chi connectivity index (χ0) is 16.4. The number of esters is 1. The highest BCUT2D eigenvalue weighted by Gasteiger charge is 2.26. The molecule has 0 saturated carbocycles. The van der Waals surface area contributed by atoms with Crippen LogP contribution in [0.15, 0.2) is 18.3 Å². The Labute approximate surface area is 135 Å². The van der Waals surface area contributed by atoms with Gasteiger partial charge in [0.2, 0.25) is 0 Å². The van der Waals surface area contributed by atoms with Crippen LogP contribution in [-0.4, -0.2) is 29.4 Å². The largest absolute Gasteiger partial charge is 0.451 e. The number of primary amides is 1. The Morgan fingerprint density at radius 1 is 1.35 bits per heavy atom. The minimum Gasteiger partial charge on any atom is -0.451 e. The summed E-state index contributed by atoms with van der Waals surface area (Å²) >= 11 is 1.36. The van der Waals surface area contributed by atoms with Gasteiger partial charge >= 0.3 is 5.97 Å². The Morgan fingerprint density at radius 2 is 2.17 bits per heavy atom. The molecule has 8 heteroatoms. The standard InChI is InChI=1S/C15H15N3O4S/c16-13(20)12-8-3-1-5-10(8)23-14(12)18-11(19)7-22-15(21)9-4-2-6-17-9/h2,4,6,17H,1,3,5,7H2,(H2,16,20)(H,18,19). The van der Waals surface area contributed by atoms with Gasteiger partial charge in [-0.25, -0.2) is 4.79 Å². The average molecular weight is 333 g/mol. The first kappa shape index (κ1) is 15.3. The molecule has 1 aliphatic carbocycles. The minimum absolute atomic E-state index is 0.269. The van der Waals surface area contributed by atoms with Crippen LogP contribution in [0.25, 0.3) is 0 Å². The number of rotatable bonds is 5. The van der Waals surface area contributed by atoms with E-state index in [4.69, 9.17) is 10.5 Å². The summed E-state index contributed by atoms with van der Waals surface area (Å²) in [4.78, 5) is 39.0. The van der Waals surface area contributed by atoms with Gasteiger partial charge in [0.15, 0.2) is 6.61 Å². The van der Waals surface area contributed by atoms with Crippen molar-refractivity contribution in [2.75, 3.05) is 11.9 Å². The molecule has 0 fully saturated rings. The number of carbonyl (C=O) groups excluding carboxylic acids is 3. The van der Waals surface area contributed by atoms with Crippen LogP contribution >= 0.6 is 11.3 Å². The van der Waals surface area contributed by atoms with Gasteiger partial charge in [-0.3, -0.25) is 9.59 Å². The van der Waals surface area contributed by atoms with Crippen molar-refractivity contribution >= 4 is 34.1 Å². The van der Waals surface area contributed by atoms with Gasteiger partial charge in [0, 0.05) is 11.1 Å². The predicted octanol–water partition coefficient (Wildman–Crippen LogP) is 1.46. The lowest BCUT2D eigenvalue weighted by atomic mass is 10.1. The summed E-state index contributed by atoms with van der Waals surface area (Å²) < 4.78 is 4.90. The van der Waals surface area contributed by atoms with Crippen LogP contribution < -0.4 is 11.1 Å². The topological polar surface area (TPSA) is 114 Å². The van der Waals surface area contributed by atoms with Gasteiger partial charge in [-0.05, 0) is 37.0 Å². The fourth-order valence-electron chi connectivity index (χ4n) is 2.58. The van der Waals surface area contributed by atoms with E-state index in [2.05, 4.69) is 10.3 Å². The number of aromatic amines is 1. The number of carbonyl (C=O) groups is 3. The molecule has 0 bridgehead atoms. The average Bonchev–Trinajstić information content (AvgIpc) is 3.20. The van der Waals surface area contributed by atoms with Crippen LogP contribution in [0.1, 0.15) is 37.7 Å². The maximum atomic E-state index is 11.9. The molecule has 2 heterocycles. The number of fused-ring (bicyclic) bond motifs is 1. The van der Waals surface area contributed by atoms with E-state index in [1.54, 1.807) is 18.3 Å². The lowest BCUT2D eigenvalue weighted by molar-refractivity contribution is -0.119. The molecule has 0 radical (unpaired) electrons. The third-order valence-corrected chi connectivity index (χ3v) is 4.78. The SMILES string of the molecule is NC(=O)c1c(NC(=O)COC(=O)c2ccc[nH]2)sc2c1CCC2. The summed E-state index contributed by atoms with van der Waals surface area (Å²) in [6, 6.07) is 3.21. The molecule has 7 nitrogen and oxygen atoms in total. The van der Waals surface area contributed by atoms with Crippen molar-refractivity contribution in [3.8, 4) is 0 Å². The fraction of sp³-hybridized carbons (Fsp3) is 0.267. The number of amides is 2. The number of hydrogen-bond acceptors (Lipinski definition) is 5. The van der Waals surface area contributed by atoms with Gasteiger partial charge in [0.25, 0.3) is 11.8 Å². The zero-order valence-electron chi connectivity index (χ0n) is 12.2. The molecule has 0 atom stereocenters. The molecule has 4 N–H and O–H groups in total.